The Balaban J connectivity index is 1.15. The zero-order chi connectivity index (χ0) is 20.3. The number of nitrogens with one attached hydrogen (secondary N) is 1. The number of carbonyl (C=O) groups excluding carboxylic acids is 1. The number of aromatic nitrogens is 1. The van der Waals surface area contributed by atoms with Crippen LogP contribution in [0, 0.1) is 0 Å². The fraction of sp³-hybridized carbons (Fsp3) is 0.417. The molecule has 2 aromatic rings. The number of anilines is 2. The van der Waals surface area contributed by atoms with Gasteiger partial charge in [0.2, 0.25) is 0 Å². The lowest BCUT2D eigenvalue weighted by Crippen LogP contribution is -2.49. The largest absolute Gasteiger partial charge is 0.354 e. The van der Waals surface area contributed by atoms with E-state index in [0.717, 1.165) is 49.3 Å². The van der Waals surface area contributed by atoms with Crippen molar-refractivity contribution in [1.29, 1.82) is 0 Å². The Hall–Kier alpha value is -2.86. The molecule has 2 aliphatic heterocycles. The molecule has 2 fully saturated rings. The first-order chi connectivity index (χ1) is 14.8. The van der Waals surface area contributed by atoms with Gasteiger partial charge < -0.3 is 10.2 Å². The zero-order valence-electron chi connectivity index (χ0n) is 17.3. The average Bonchev–Trinajstić information content (AvgIpc) is 3.34. The van der Waals surface area contributed by atoms with Crippen LogP contribution in [0.25, 0.3) is 6.08 Å². The van der Waals surface area contributed by atoms with Crippen LogP contribution in [0.15, 0.2) is 48.8 Å². The first-order valence-corrected chi connectivity index (χ1v) is 11.0. The summed E-state index contributed by atoms with van der Waals surface area (Å²) < 4.78 is 0. The topological polar surface area (TPSA) is 51.7 Å². The van der Waals surface area contributed by atoms with Gasteiger partial charge in [0.25, 0.3) is 0 Å². The molecule has 0 unspecified atom stereocenters. The number of hydrogen-bond acceptors (Lipinski definition) is 4. The van der Waals surface area contributed by atoms with E-state index < -0.39 is 0 Å². The summed E-state index contributed by atoms with van der Waals surface area (Å²) in [6.45, 7) is 4.86. The van der Waals surface area contributed by atoms with Gasteiger partial charge in [-0.1, -0.05) is 37.1 Å². The number of amides is 2. The lowest BCUT2D eigenvalue weighted by Gasteiger charge is -2.38. The Morgan fingerprint density at radius 2 is 1.80 bits per heavy atom. The molecule has 5 rings (SSSR count). The predicted molar refractivity (Wildman–Crippen MR) is 120 cm³/mol. The van der Waals surface area contributed by atoms with Gasteiger partial charge in [-0.05, 0) is 42.2 Å². The molecule has 1 N–H and O–H groups in total. The van der Waals surface area contributed by atoms with E-state index in [4.69, 9.17) is 0 Å². The molecule has 0 atom stereocenters. The van der Waals surface area contributed by atoms with Crippen LogP contribution in [-0.4, -0.2) is 53.0 Å². The van der Waals surface area contributed by atoms with Gasteiger partial charge in [-0.25, -0.2) is 9.78 Å². The first-order valence-electron chi connectivity index (χ1n) is 11.0. The summed E-state index contributed by atoms with van der Waals surface area (Å²) >= 11 is 0. The monoisotopic (exact) mass is 403 g/mol. The van der Waals surface area contributed by atoms with Crippen molar-refractivity contribution in [3.8, 4) is 0 Å². The molecule has 1 aliphatic carbocycles. The predicted octanol–water partition coefficient (Wildman–Crippen LogP) is 4.16. The highest BCUT2D eigenvalue weighted by Crippen LogP contribution is 2.26. The summed E-state index contributed by atoms with van der Waals surface area (Å²) in [5, 5.41) is 2.96. The SMILES string of the molecule is O=C(Nc1ccc(N2CCN(C3CCCC3)CC2)nc1)N1C=Cc2ccccc2C1. The zero-order valence-corrected chi connectivity index (χ0v) is 17.3. The number of fused-ring (bicyclic) bond motifs is 1. The third-order valence-corrected chi connectivity index (χ3v) is 6.57. The van der Waals surface area contributed by atoms with Crippen molar-refractivity contribution in [3.63, 3.8) is 0 Å². The molecule has 6 nitrogen and oxygen atoms in total. The molecule has 1 saturated heterocycles. The van der Waals surface area contributed by atoms with Gasteiger partial charge >= 0.3 is 6.03 Å². The quantitative estimate of drug-likeness (QED) is 0.836. The molecule has 30 heavy (non-hydrogen) atoms. The summed E-state index contributed by atoms with van der Waals surface area (Å²) in [7, 11) is 0. The van der Waals surface area contributed by atoms with Crippen molar-refractivity contribution in [3.05, 3.63) is 59.9 Å². The van der Waals surface area contributed by atoms with E-state index in [-0.39, 0.29) is 6.03 Å². The summed E-state index contributed by atoms with van der Waals surface area (Å²) in [5.41, 5.74) is 3.04. The van der Waals surface area contributed by atoms with Crippen molar-refractivity contribution in [2.75, 3.05) is 36.4 Å². The Labute approximate surface area is 178 Å². The van der Waals surface area contributed by atoms with Crippen LogP contribution < -0.4 is 10.2 Å². The number of carbonyl (C=O) groups is 1. The fourth-order valence-corrected chi connectivity index (χ4v) is 4.81. The molecule has 2 amide bonds. The van der Waals surface area contributed by atoms with Crippen molar-refractivity contribution >= 4 is 23.6 Å². The Kier molecular flexibility index (Phi) is 5.41. The second-order valence-electron chi connectivity index (χ2n) is 8.44. The van der Waals surface area contributed by atoms with Gasteiger partial charge in [0.15, 0.2) is 0 Å². The molecule has 3 aliphatic rings. The lowest BCUT2D eigenvalue weighted by atomic mass is 10.0. The number of urea groups is 1. The fourth-order valence-electron chi connectivity index (χ4n) is 4.81. The Morgan fingerprint density at radius 3 is 2.57 bits per heavy atom. The highest BCUT2D eigenvalue weighted by atomic mass is 16.2. The maximum absolute atomic E-state index is 12.6. The van der Waals surface area contributed by atoms with Crippen LogP contribution >= 0.6 is 0 Å². The number of benzene rings is 1. The van der Waals surface area contributed by atoms with Crippen molar-refractivity contribution in [2.45, 2.75) is 38.3 Å². The number of piperazine rings is 1. The second kappa shape index (κ2) is 8.48. The van der Waals surface area contributed by atoms with Crippen LogP contribution in [0.4, 0.5) is 16.3 Å². The first kappa shape index (κ1) is 19.1. The molecule has 3 heterocycles. The van der Waals surface area contributed by atoms with E-state index in [1.807, 2.05) is 36.5 Å². The number of rotatable bonds is 3. The normalized spacial score (nSPS) is 19.7. The molecule has 1 saturated carbocycles. The number of pyridine rings is 1. The van der Waals surface area contributed by atoms with E-state index in [9.17, 15) is 4.79 Å². The number of hydrogen-bond donors (Lipinski definition) is 1. The van der Waals surface area contributed by atoms with Crippen LogP contribution in [0.3, 0.4) is 0 Å². The number of nitrogens with zero attached hydrogens (tertiary/aromatic N) is 4. The minimum Gasteiger partial charge on any atom is -0.354 e. The molecule has 156 valence electrons. The maximum Gasteiger partial charge on any atom is 0.326 e. The molecule has 0 spiro atoms. The van der Waals surface area contributed by atoms with E-state index in [1.54, 1.807) is 11.1 Å². The van der Waals surface area contributed by atoms with E-state index in [2.05, 4.69) is 32.2 Å². The molecular formula is C24H29N5O. The van der Waals surface area contributed by atoms with E-state index in [0.29, 0.717) is 6.54 Å². The van der Waals surface area contributed by atoms with Crippen molar-refractivity contribution < 1.29 is 4.79 Å². The molecular weight excluding hydrogens is 374 g/mol. The van der Waals surface area contributed by atoms with Crippen molar-refractivity contribution in [2.24, 2.45) is 0 Å². The van der Waals surface area contributed by atoms with E-state index >= 15 is 0 Å². The highest BCUT2D eigenvalue weighted by Gasteiger charge is 2.26. The van der Waals surface area contributed by atoms with Crippen LogP contribution in [0.2, 0.25) is 0 Å². The van der Waals surface area contributed by atoms with Crippen molar-refractivity contribution in [1.82, 2.24) is 14.8 Å². The van der Waals surface area contributed by atoms with Gasteiger partial charge in [0.05, 0.1) is 18.4 Å². The maximum atomic E-state index is 12.6. The molecule has 0 bridgehead atoms. The third kappa shape index (κ3) is 4.05. The van der Waals surface area contributed by atoms with Gasteiger partial charge in [0, 0.05) is 38.4 Å². The Bertz CT molecular complexity index is 911. The molecule has 1 aromatic carbocycles. The molecule has 1 aromatic heterocycles. The molecule has 6 heteroatoms. The minimum absolute atomic E-state index is 0.138. The smallest absolute Gasteiger partial charge is 0.326 e. The summed E-state index contributed by atoms with van der Waals surface area (Å²) in [4.78, 5) is 24.0. The van der Waals surface area contributed by atoms with Gasteiger partial charge in [-0.15, -0.1) is 0 Å². The minimum atomic E-state index is -0.138. The van der Waals surface area contributed by atoms with Crippen LogP contribution in [0.5, 0.6) is 0 Å². The van der Waals surface area contributed by atoms with Gasteiger partial charge in [-0.3, -0.25) is 9.80 Å². The second-order valence-corrected chi connectivity index (χ2v) is 8.44. The summed E-state index contributed by atoms with van der Waals surface area (Å²) in [6, 6.07) is 12.8. The lowest BCUT2D eigenvalue weighted by molar-refractivity contribution is 0.187. The van der Waals surface area contributed by atoms with Crippen LogP contribution in [-0.2, 0) is 6.54 Å². The summed E-state index contributed by atoms with van der Waals surface area (Å²) in [5.74, 6) is 0.992. The van der Waals surface area contributed by atoms with E-state index in [1.165, 1.54) is 31.2 Å². The summed E-state index contributed by atoms with van der Waals surface area (Å²) in [6.07, 6.45) is 11.1. The van der Waals surface area contributed by atoms with Gasteiger partial charge in [0.1, 0.15) is 5.82 Å². The Morgan fingerprint density at radius 1 is 1.00 bits per heavy atom. The average molecular weight is 404 g/mol. The third-order valence-electron chi connectivity index (χ3n) is 6.57. The van der Waals surface area contributed by atoms with Crippen LogP contribution in [0.1, 0.15) is 36.8 Å². The highest BCUT2D eigenvalue weighted by molar-refractivity contribution is 5.90. The molecule has 0 radical (unpaired) electrons. The van der Waals surface area contributed by atoms with Gasteiger partial charge in [-0.2, -0.15) is 0 Å². The standard InChI is InChI=1S/C24H29N5O/c30-24(29-12-11-19-5-1-2-6-20(19)18-29)26-21-9-10-23(25-17-21)28-15-13-27(14-16-28)22-7-3-4-8-22/h1-2,5-6,9-12,17,22H,3-4,7-8,13-16,18H2,(H,26,30).